The molecule has 0 aliphatic carbocycles. The quantitative estimate of drug-likeness (QED) is 0.725. The van der Waals surface area contributed by atoms with E-state index >= 15 is 0 Å². The molecule has 0 saturated carbocycles. The number of fused-ring (bicyclic) bond motifs is 1. The number of aromatic nitrogens is 1. The van der Waals surface area contributed by atoms with Crippen molar-refractivity contribution in [2.24, 2.45) is 0 Å². The second kappa shape index (κ2) is 6.43. The van der Waals surface area contributed by atoms with Crippen LogP contribution in [0.4, 0.5) is 23.7 Å². The molecule has 0 spiro atoms. The minimum Gasteiger partial charge on any atom is -0.464 e. The fourth-order valence-electron chi connectivity index (χ4n) is 2.34. The first-order valence-electron chi connectivity index (χ1n) is 7.23. The molecule has 9 heteroatoms. The van der Waals surface area contributed by atoms with E-state index in [-0.39, 0.29) is 5.56 Å². The van der Waals surface area contributed by atoms with Gasteiger partial charge in [0.1, 0.15) is 5.75 Å². The van der Waals surface area contributed by atoms with Crippen molar-refractivity contribution in [3.05, 3.63) is 60.4 Å². The number of benzene rings is 2. The molecule has 134 valence electrons. The first-order valence-corrected chi connectivity index (χ1v) is 7.23. The van der Waals surface area contributed by atoms with Gasteiger partial charge in [-0.2, -0.15) is 0 Å². The van der Waals surface area contributed by atoms with Gasteiger partial charge >= 0.3 is 12.5 Å². The van der Waals surface area contributed by atoms with Gasteiger partial charge in [-0.05, 0) is 36.4 Å². The van der Waals surface area contributed by atoms with Gasteiger partial charge in [-0.15, -0.1) is 13.2 Å². The van der Waals surface area contributed by atoms with Gasteiger partial charge in [0.05, 0.1) is 0 Å². The Hall–Kier alpha value is -3.49. The topological polar surface area (TPSA) is 80.6 Å². The standard InChI is InChI=1S/C17H11F3N2O4/c18-17(19,20)26-14-5-2-10(3-6-14)15(23)21-13-4-1-11-8-22(16(24)25)9-12(11)7-13/h1-9H,(H,21,23)(H,24,25). The van der Waals surface area contributed by atoms with Gasteiger partial charge in [0, 0.05) is 34.4 Å². The second-order valence-corrected chi connectivity index (χ2v) is 5.32. The number of alkyl halides is 3. The van der Waals surface area contributed by atoms with Crippen molar-refractivity contribution >= 4 is 28.5 Å². The Morgan fingerprint density at radius 3 is 2.27 bits per heavy atom. The molecule has 1 amide bonds. The van der Waals surface area contributed by atoms with Crippen LogP contribution in [0.1, 0.15) is 10.4 Å². The number of nitrogens with zero attached hydrogens (tertiary/aromatic N) is 1. The number of rotatable bonds is 3. The van der Waals surface area contributed by atoms with E-state index in [2.05, 4.69) is 10.1 Å². The molecule has 1 aromatic heterocycles. The fourth-order valence-corrected chi connectivity index (χ4v) is 2.34. The molecule has 0 aliphatic rings. The van der Waals surface area contributed by atoms with Gasteiger partial charge in [-0.25, -0.2) is 4.79 Å². The maximum Gasteiger partial charge on any atom is 0.573 e. The fraction of sp³-hybridized carbons (Fsp3) is 0.0588. The summed E-state index contributed by atoms with van der Waals surface area (Å²) in [5.41, 5.74) is 0.559. The molecule has 0 bridgehead atoms. The average molecular weight is 364 g/mol. The number of hydrogen-bond acceptors (Lipinski definition) is 3. The molecule has 3 aromatic rings. The Morgan fingerprint density at radius 1 is 1.00 bits per heavy atom. The van der Waals surface area contributed by atoms with Gasteiger partial charge in [0.25, 0.3) is 5.91 Å². The lowest BCUT2D eigenvalue weighted by Gasteiger charge is -2.09. The molecule has 0 saturated heterocycles. The first-order chi connectivity index (χ1) is 12.2. The summed E-state index contributed by atoms with van der Waals surface area (Å²) in [4.78, 5) is 23.1. The summed E-state index contributed by atoms with van der Waals surface area (Å²) in [6, 6.07) is 9.31. The van der Waals surface area contributed by atoms with E-state index < -0.39 is 24.1 Å². The number of hydrogen-bond donors (Lipinski definition) is 2. The molecule has 6 nitrogen and oxygen atoms in total. The molecular formula is C17H11F3N2O4. The van der Waals surface area contributed by atoms with Crippen LogP contribution in [0.25, 0.3) is 10.8 Å². The van der Waals surface area contributed by atoms with Crippen molar-refractivity contribution in [1.29, 1.82) is 0 Å². The Labute approximate surface area is 144 Å². The minimum absolute atomic E-state index is 0.141. The van der Waals surface area contributed by atoms with Crippen LogP contribution in [0.3, 0.4) is 0 Å². The molecule has 0 aliphatic heterocycles. The number of amides is 1. The van der Waals surface area contributed by atoms with Crippen molar-refractivity contribution < 1.29 is 32.6 Å². The van der Waals surface area contributed by atoms with Crippen LogP contribution in [-0.4, -0.2) is 28.0 Å². The molecule has 2 aromatic carbocycles. The number of carbonyl (C=O) groups excluding carboxylic acids is 1. The van der Waals surface area contributed by atoms with E-state index in [1.54, 1.807) is 18.2 Å². The maximum absolute atomic E-state index is 12.2. The predicted molar refractivity (Wildman–Crippen MR) is 86.4 cm³/mol. The highest BCUT2D eigenvalue weighted by molar-refractivity contribution is 6.05. The summed E-state index contributed by atoms with van der Waals surface area (Å²) < 4.78 is 41.1. The van der Waals surface area contributed by atoms with Crippen LogP contribution < -0.4 is 10.1 Å². The molecule has 0 atom stereocenters. The van der Waals surface area contributed by atoms with Crippen molar-refractivity contribution in [3.8, 4) is 5.75 Å². The zero-order valence-electron chi connectivity index (χ0n) is 12.9. The van der Waals surface area contributed by atoms with E-state index in [0.29, 0.717) is 16.5 Å². The molecule has 26 heavy (non-hydrogen) atoms. The van der Waals surface area contributed by atoms with Gasteiger partial charge in [0.15, 0.2) is 0 Å². The number of anilines is 1. The van der Waals surface area contributed by atoms with Crippen molar-refractivity contribution in [1.82, 2.24) is 4.57 Å². The monoisotopic (exact) mass is 364 g/mol. The van der Waals surface area contributed by atoms with Gasteiger partial charge in [-0.1, -0.05) is 6.07 Å². The first kappa shape index (κ1) is 17.3. The highest BCUT2D eigenvalue weighted by atomic mass is 19.4. The van der Waals surface area contributed by atoms with Crippen LogP contribution in [-0.2, 0) is 0 Å². The minimum atomic E-state index is -4.80. The van der Waals surface area contributed by atoms with Crippen LogP contribution >= 0.6 is 0 Å². The lowest BCUT2D eigenvalue weighted by Crippen LogP contribution is -2.17. The number of nitrogens with one attached hydrogen (secondary N) is 1. The van der Waals surface area contributed by atoms with Gasteiger partial charge in [-0.3, -0.25) is 9.36 Å². The normalized spacial score (nSPS) is 11.3. The summed E-state index contributed by atoms with van der Waals surface area (Å²) in [5.74, 6) is -0.953. The van der Waals surface area contributed by atoms with E-state index in [9.17, 15) is 22.8 Å². The number of halogens is 3. The Bertz CT molecular complexity index is 978. The average Bonchev–Trinajstić information content (AvgIpc) is 2.97. The molecule has 0 unspecified atom stereocenters. The molecule has 0 radical (unpaired) electrons. The van der Waals surface area contributed by atoms with Crippen LogP contribution in [0.15, 0.2) is 54.9 Å². The van der Waals surface area contributed by atoms with Crippen molar-refractivity contribution in [3.63, 3.8) is 0 Å². The SMILES string of the molecule is O=C(Nc1ccc2cn(C(=O)O)cc2c1)c1ccc(OC(F)(F)F)cc1. The lowest BCUT2D eigenvalue weighted by molar-refractivity contribution is -0.274. The van der Waals surface area contributed by atoms with E-state index in [1.165, 1.54) is 24.5 Å². The predicted octanol–water partition coefficient (Wildman–Crippen LogP) is 4.32. The zero-order valence-corrected chi connectivity index (χ0v) is 12.9. The third-order valence-corrected chi connectivity index (χ3v) is 3.47. The molecule has 3 rings (SSSR count). The lowest BCUT2D eigenvalue weighted by atomic mass is 10.1. The van der Waals surface area contributed by atoms with Gasteiger partial charge in [0.2, 0.25) is 0 Å². The third-order valence-electron chi connectivity index (χ3n) is 3.47. The zero-order chi connectivity index (χ0) is 18.9. The van der Waals surface area contributed by atoms with Crippen LogP contribution in [0, 0.1) is 0 Å². The van der Waals surface area contributed by atoms with Gasteiger partial charge < -0.3 is 15.2 Å². The summed E-state index contributed by atoms with van der Waals surface area (Å²) in [6.07, 6.45) is -3.10. The van der Waals surface area contributed by atoms with E-state index in [0.717, 1.165) is 16.7 Å². The number of ether oxygens (including phenoxy) is 1. The Balaban J connectivity index is 1.75. The number of carboxylic acid groups (broad SMARTS) is 1. The van der Waals surface area contributed by atoms with Crippen LogP contribution in [0.5, 0.6) is 5.75 Å². The van der Waals surface area contributed by atoms with Crippen LogP contribution in [0.2, 0.25) is 0 Å². The smallest absolute Gasteiger partial charge is 0.464 e. The highest BCUT2D eigenvalue weighted by Crippen LogP contribution is 2.24. The Morgan fingerprint density at radius 2 is 1.65 bits per heavy atom. The summed E-state index contributed by atoms with van der Waals surface area (Å²) in [5, 5.41) is 12.8. The van der Waals surface area contributed by atoms with Crippen molar-refractivity contribution in [2.45, 2.75) is 6.36 Å². The highest BCUT2D eigenvalue weighted by Gasteiger charge is 2.31. The van der Waals surface area contributed by atoms with E-state index in [1.807, 2.05) is 0 Å². The Kier molecular flexibility index (Phi) is 4.29. The van der Waals surface area contributed by atoms with Crippen molar-refractivity contribution in [2.75, 3.05) is 5.32 Å². The summed E-state index contributed by atoms with van der Waals surface area (Å²) in [6.45, 7) is 0. The molecule has 2 N–H and O–H groups in total. The largest absolute Gasteiger partial charge is 0.573 e. The molecular weight excluding hydrogens is 353 g/mol. The summed E-state index contributed by atoms with van der Waals surface area (Å²) in [7, 11) is 0. The molecule has 1 heterocycles. The second-order valence-electron chi connectivity index (χ2n) is 5.32. The molecule has 0 fully saturated rings. The third kappa shape index (κ3) is 3.94. The van der Waals surface area contributed by atoms with E-state index in [4.69, 9.17) is 5.11 Å². The maximum atomic E-state index is 12.2. The summed E-state index contributed by atoms with van der Waals surface area (Å²) >= 11 is 0. The number of carbonyl (C=O) groups is 2.